The third kappa shape index (κ3) is 13.0. The summed E-state index contributed by atoms with van der Waals surface area (Å²) >= 11 is 10.1. The zero-order valence-electron chi connectivity index (χ0n) is 5.75. The van der Waals surface area contributed by atoms with Crippen molar-refractivity contribution in [3.8, 4) is 0 Å². The van der Waals surface area contributed by atoms with Crippen molar-refractivity contribution in [2.75, 3.05) is 0 Å². The summed E-state index contributed by atoms with van der Waals surface area (Å²) in [5.41, 5.74) is 0. The third-order valence-corrected chi connectivity index (χ3v) is 0.985. The first-order valence-electron chi connectivity index (χ1n) is 2.74. The second kappa shape index (κ2) is 5.96. The predicted octanol–water partition coefficient (Wildman–Crippen LogP) is 3.36. The lowest BCUT2D eigenvalue weighted by Crippen LogP contribution is -1.60. The Balaban J connectivity index is 0.000000217. The van der Waals surface area contributed by atoms with E-state index in [1.807, 2.05) is 30.3 Å². The lowest BCUT2D eigenvalue weighted by Gasteiger charge is -1.80. The molecule has 6 heteroatoms. The van der Waals surface area contributed by atoms with E-state index < -0.39 is 6.70 Å². The van der Waals surface area contributed by atoms with Crippen LogP contribution in [0.1, 0.15) is 0 Å². The van der Waals surface area contributed by atoms with Crippen LogP contribution in [0.2, 0.25) is 5.02 Å². The van der Waals surface area contributed by atoms with E-state index in [0.29, 0.717) is 0 Å². The normalized spacial score (nSPS) is 9.92. The minimum Gasteiger partial charge on any atom is -0.205 e. The van der Waals surface area contributed by atoms with Crippen LogP contribution in [0.5, 0.6) is 0 Å². The first kappa shape index (κ1) is 12.4. The van der Waals surface area contributed by atoms with Crippen LogP contribution in [-0.2, 0) is 6.70 Å². The minimum absolute atomic E-state index is 0.794. The van der Waals surface area contributed by atoms with Gasteiger partial charge in [-0.2, -0.15) is 0 Å². The molecule has 0 fully saturated rings. The molecule has 2 nitrogen and oxygen atoms in total. The monoisotopic (exact) mass is 334 g/mol. The van der Waals surface area contributed by atoms with Gasteiger partial charge >= 0.3 is 0 Å². The van der Waals surface area contributed by atoms with Crippen molar-refractivity contribution < 1.29 is 8.42 Å². The largest absolute Gasteiger partial charge is 0.268 e. The summed E-state index contributed by atoms with van der Waals surface area (Å²) in [5, 5.41) is 0.794. The maximum atomic E-state index is 9.47. The van der Waals surface area contributed by atoms with Gasteiger partial charge in [0.05, 0.1) is 29.6 Å². The van der Waals surface area contributed by atoms with E-state index in [2.05, 4.69) is 29.6 Å². The molecule has 0 bridgehead atoms. The van der Waals surface area contributed by atoms with Gasteiger partial charge in [-0.3, -0.25) is 0 Å². The first-order valence-corrected chi connectivity index (χ1v) is 8.29. The number of hydrogen-bond acceptors (Lipinski definition) is 2. The molecule has 0 aromatic heterocycles. The van der Waals surface area contributed by atoms with Crippen LogP contribution in [0.3, 0.4) is 0 Å². The van der Waals surface area contributed by atoms with E-state index >= 15 is 0 Å². The molecule has 0 atom stereocenters. The van der Waals surface area contributed by atoms with E-state index in [0.717, 1.165) is 5.02 Å². The number of hydrogen-bond donors (Lipinski definition) is 0. The molecule has 0 saturated carbocycles. The summed E-state index contributed by atoms with van der Waals surface area (Å²) in [6.07, 6.45) is 0. The minimum atomic E-state index is -3.04. The highest BCUT2D eigenvalue weighted by molar-refractivity contribution is 9.79. The predicted molar refractivity (Wildman–Crippen MR) is 58.2 cm³/mol. The molecule has 1 rings (SSSR count). The van der Waals surface area contributed by atoms with Crippen molar-refractivity contribution in [2.24, 2.45) is 0 Å². The average Bonchev–Trinajstić information content (AvgIpc) is 1.85. The Kier molecular flexibility index (Phi) is 6.17. The van der Waals surface area contributed by atoms with Crippen LogP contribution in [-0.4, -0.2) is 8.42 Å². The second-order valence-electron chi connectivity index (χ2n) is 1.67. The topological polar surface area (TPSA) is 34.1 Å². The molecule has 0 saturated heterocycles. The molecule has 0 aliphatic carbocycles. The van der Waals surface area contributed by atoms with Crippen LogP contribution in [0, 0.1) is 0 Å². The van der Waals surface area contributed by atoms with Gasteiger partial charge in [0.1, 0.15) is 0 Å². The van der Waals surface area contributed by atoms with Gasteiger partial charge in [-0.1, -0.05) is 29.8 Å². The molecule has 0 aliphatic rings. The molecule has 0 amide bonds. The van der Waals surface area contributed by atoms with Gasteiger partial charge in [0.2, 0.25) is 0 Å². The van der Waals surface area contributed by atoms with Gasteiger partial charge in [0.25, 0.3) is 6.70 Å². The van der Waals surface area contributed by atoms with Crippen molar-refractivity contribution in [3.63, 3.8) is 0 Å². The first-order chi connectivity index (χ1) is 5.39. The lowest BCUT2D eigenvalue weighted by molar-refractivity contribution is 0.625. The highest BCUT2D eigenvalue weighted by atomic mass is 79.9. The van der Waals surface area contributed by atoms with Crippen molar-refractivity contribution in [2.45, 2.75) is 0 Å². The number of benzene rings is 1. The van der Waals surface area contributed by atoms with Gasteiger partial charge in [-0.05, 0) is 12.1 Å². The molecule has 12 heavy (non-hydrogen) atoms. The quantitative estimate of drug-likeness (QED) is 0.681. The lowest BCUT2D eigenvalue weighted by atomic mass is 10.4. The molecule has 0 N–H and O–H groups in total. The molecular formula is C6H5Br2ClO2S. The molecule has 0 aliphatic heterocycles. The van der Waals surface area contributed by atoms with Crippen molar-refractivity contribution in [3.05, 3.63) is 35.4 Å². The van der Waals surface area contributed by atoms with E-state index in [1.165, 1.54) is 0 Å². The van der Waals surface area contributed by atoms with Crippen molar-refractivity contribution in [1.29, 1.82) is 0 Å². The zero-order chi connectivity index (χ0) is 9.61. The smallest absolute Gasteiger partial charge is 0.205 e. The molecule has 68 valence electrons. The van der Waals surface area contributed by atoms with Crippen LogP contribution in [0.25, 0.3) is 0 Å². The summed E-state index contributed by atoms with van der Waals surface area (Å²) in [6.45, 7) is -3.04. The summed E-state index contributed by atoms with van der Waals surface area (Å²) < 4.78 is 18.9. The van der Waals surface area contributed by atoms with E-state index in [1.54, 1.807) is 0 Å². The van der Waals surface area contributed by atoms with Crippen molar-refractivity contribution in [1.82, 2.24) is 0 Å². The molecule has 0 heterocycles. The van der Waals surface area contributed by atoms with Crippen molar-refractivity contribution >= 4 is 47.9 Å². The van der Waals surface area contributed by atoms with Crippen LogP contribution in [0.15, 0.2) is 30.3 Å². The fourth-order valence-corrected chi connectivity index (χ4v) is 0.560. The molecule has 0 radical (unpaired) electrons. The van der Waals surface area contributed by atoms with Gasteiger partial charge in [-0.25, -0.2) is 8.42 Å². The number of halogens is 3. The summed E-state index contributed by atoms with van der Waals surface area (Å²) in [6, 6.07) is 9.44. The Hall–Kier alpha value is 0.420. The molecular weight excluding hydrogens is 331 g/mol. The highest BCUT2D eigenvalue weighted by Crippen LogP contribution is 2.06. The maximum Gasteiger partial charge on any atom is 0.268 e. The van der Waals surface area contributed by atoms with E-state index in [4.69, 9.17) is 11.6 Å². The Morgan fingerprint density at radius 2 is 1.42 bits per heavy atom. The SMILES string of the molecule is Clc1ccccc1.O=S(=O)(Br)Br. The number of rotatable bonds is 0. The molecule has 0 unspecified atom stereocenters. The van der Waals surface area contributed by atoms with Crippen LogP contribution < -0.4 is 0 Å². The van der Waals surface area contributed by atoms with Gasteiger partial charge < -0.3 is 0 Å². The van der Waals surface area contributed by atoms with E-state index in [9.17, 15) is 8.42 Å². The Labute approximate surface area is 91.3 Å². The van der Waals surface area contributed by atoms with Crippen LogP contribution in [0.4, 0.5) is 0 Å². The Morgan fingerprint density at radius 1 is 1.08 bits per heavy atom. The summed E-state index contributed by atoms with van der Waals surface area (Å²) in [4.78, 5) is 0. The highest BCUT2D eigenvalue weighted by Gasteiger charge is 1.87. The second-order valence-corrected chi connectivity index (χ2v) is 10.6. The maximum absolute atomic E-state index is 9.47. The third-order valence-electron chi connectivity index (χ3n) is 0.733. The summed E-state index contributed by atoms with van der Waals surface area (Å²) in [5.74, 6) is 0. The van der Waals surface area contributed by atoms with Gasteiger partial charge in [0, 0.05) is 5.02 Å². The summed E-state index contributed by atoms with van der Waals surface area (Å²) in [7, 11) is 0. The molecule has 1 aromatic rings. The fraction of sp³-hybridized carbons (Fsp3) is 0. The average molecular weight is 336 g/mol. The Bertz CT molecular complexity index is 304. The standard InChI is InChI=1S/C6H5Cl.Br2O2S/c7-6-4-2-1-3-5-6;1-5(2,3)4/h1-5H;. The van der Waals surface area contributed by atoms with Gasteiger partial charge in [0.15, 0.2) is 0 Å². The fourth-order valence-electron chi connectivity index (χ4n) is 0.415. The molecule has 1 aromatic carbocycles. The zero-order valence-corrected chi connectivity index (χ0v) is 10.5. The van der Waals surface area contributed by atoms with Crippen LogP contribution >= 0.6 is 41.2 Å². The molecule has 0 spiro atoms. The van der Waals surface area contributed by atoms with Gasteiger partial charge in [-0.15, -0.1) is 0 Å². The Morgan fingerprint density at radius 3 is 1.58 bits per heavy atom. The van der Waals surface area contributed by atoms with E-state index in [-0.39, 0.29) is 0 Å².